The van der Waals surface area contributed by atoms with Gasteiger partial charge in [0.25, 0.3) is 0 Å². The van der Waals surface area contributed by atoms with Crippen molar-refractivity contribution in [2.75, 3.05) is 39.6 Å². The predicted molar refractivity (Wildman–Crippen MR) is 437 cm³/mol. The van der Waals surface area contributed by atoms with Gasteiger partial charge in [0.15, 0.2) is 12.2 Å². The highest BCUT2D eigenvalue weighted by molar-refractivity contribution is 7.47. The van der Waals surface area contributed by atoms with Gasteiger partial charge in [-0.3, -0.25) is 37.3 Å². The molecule has 0 aliphatic carbocycles. The lowest BCUT2D eigenvalue weighted by Gasteiger charge is -2.21. The zero-order valence-electron chi connectivity index (χ0n) is 69.6. The number of ether oxygens (including phenoxy) is 4. The van der Waals surface area contributed by atoms with Crippen molar-refractivity contribution in [3.63, 3.8) is 0 Å². The third-order valence-electron chi connectivity index (χ3n) is 20.5. The maximum atomic E-state index is 13.2. The molecule has 0 aromatic rings. The minimum atomic E-state index is -4.97. The Hall–Kier alpha value is -1.94. The van der Waals surface area contributed by atoms with Gasteiger partial charge >= 0.3 is 39.5 Å². The summed E-state index contributed by atoms with van der Waals surface area (Å²) in [6.45, 7) is 7.40. The lowest BCUT2D eigenvalue weighted by atomic mass is 10.0. The molecule has 0 saturated carbocycles. The first kappa shape index (κ1) is 104. The second kappa shape index (κ2) is 79.7. The molecule has 0 aliphatic rings. The average molecular weight is 1550 g/mol. The van der Waals surface area contributed by atoms with E-state index in [9.17, 15) is 43.2 Å². The van der Waals surface area contributed by atoms with E-state index in [0.717, 1.165) is 95.8 Å². The second-order valence-corrected chi connectivity index (χ2v) is 34.7. The number of unbranched alkanes of at least 4 members (excludes halogenated alkanes) is 59. The molecule has 17 nitrogen and oxygen atoms in total. The largest absolute Gasteiger partial charge is 0.472 e. The quantitative estimate of drug-likeness (QED) is 0.0222. The summed E-state index contributed by atoms with van der Waals surface area (Å²) in [5.74, 6) is -1.29. The van der Waals surface area contributed by atoms with Crippen LogP contribution in [0.15, 0.2) is 0 Å². The zero-order valence-corrected chi connectivity index (χ0v) is 71.4. The van der Waals surface area contributed by atoms with E-state index in [0.29, 0.717) is 25.7 Å². The van der Waals surface area contributed by atoms with Crippen molar-refractivity contribution < 1.29 is 80.2 Å². The number of aliphatic hydroxyl groups is 1. The highest BCUT2D eigenvalue weighted by Gasteiger charge is 2.30. The van der Waals surface area contributed by atoms with E-state index in [-0.39, 0.29) is 25.7 Å². The summed E-state index contributed by atoms with van der Waals surface area (Å²) in [6.07, 6.45) is 73.6. The fourth-order valence-electron chi connectivity index (χ4n) is 13.6. The molecule has 0 heterocycles. The van der Waals surface area contributed by atoms with Gasteiger partial charge in [0.05, 0.1) is 26.4 Å². The summed E-state index contributed by atoms with van der Waals surface area (Å²) >= 11 is 0. The van der Waals surface area contributed by atoms with Crippen LogP contribution in [0.4, 0.5) is 0 Å². The Kier molecular flexibility index (Phi) is 78.2. The lowest BCUT2D eigenvalue weighted by molar-refractivity contribution is -0.161. The van der Waals surface area contributed by atoms with Crippen molar-refractivity contribution in [1.29, 1.82) is 0 Å². The number of phosphoric ester groups is 2. The smallest absolute Gasteiger partial charge is 0.462 e. The maximum absolute atomic E-state index is 13.2. The Balaban J connectivity index is 5.23. The Morgan fingerprint density at radius 2 is 0.434 bits per heavy atom. The minimum Gasteiger partial charge on any atom is -0.462 e. The van der Waals surface area contributed by atoms with E-state index in [1.165, 1.54) is 295 Å². The van der Waals surface area contributed by atoms with Crippen LogP contribution < -0.4 is 0 Å². The van der Waals surface area contributed by atoms with Crippen molar-refractivity contribution in [2.45, 2.75) is 490 Å². The molecule has 0 rings (SSSR count). The Morgan fingerprint density at radius 3 is 0.642 bits per heavy atom. The third kappa shape index (κ3) is 80.1. The number of carbonyl (C=O) groups excluding carboxylic acids is 4. The number of carbonyl (C=O) groups is 4. The fourth-order valence-corrected chi connectivity index (χ4v) is 15.2. The highest BCUT2D eigenvalue weighted by atomic mass is 31.2. The minimum absolute atomic E-state index is 0.109. The summed E-state index contributed by atoms with van der Waals surface area (Å²) in [4.78, 5) is 73.3. The van der Waals surface area contributed by atoms with Gasteiger partial charge in [0.1, 0.15) is 19.3 Å². The monoisotopic (exact) mass is 1550 g/mol. The summed E-state index contributed by atoms with van der Waals surface area (Å²) in [5, 5.41) is 10.7. The van der Waals surface area contributed by atoms with Crippen LogP contribution in [0.25, 0.3) is 0 Å². The molecule has 3 N–H and O–H groups in total. The van der Waals surface area contributed by atoms with Crippen LogP contribution in [0.2, 0.25) is 0 Å². The molecule has 106 heavy (non-hydrogen) atoms. The number of esters is 4. The first-order valence-corrected chi connectivity index (χ1v) is 48.1. The molecule has 0 saturated heterocycles. The van der Waals surface area contributed by atoms with E-state index in [4.69, 9.17) is 37.0 Å². The third-order valence-corrected chi connectivity index (χ3v) is 22.4. The summed E-state index contributed by atoms with van der Waals surface area (Å²) in [7, 11) is -9.93. The zero-order chi connectivity index (χ0) is 77.6. The Labute approximate surface area is 651 Å². The van der Waals surface area contributed by atoms with Gasteiger partial charge in [-0.1, -0.05) is 420 Å². The standard InChI is InChI=1S/C87H170O17P2/c1-6-9-12-15-18-21-24-27-28-29-30-31-32-33-34-37-43-48-53-58-63-68-73-87(92)104-83(77-98-85(90)71-66-61-56-51-46-42-38-35-36-41-44-49-54-59-64-69-80(4)5)79-102-106(95,96)100-75-81(88)74-99-105(93,94)101-78-82(103-86(91)72-67-62-57-52-47-40-26-23-20-17-14-11-8-3)76-97-84(89)70-65-60-55-50-45-39-25-22-19-16-13-10-7-2/h80-83,88H,6-79H2,1-5H3,(H,93,94)(H,95,96)/t81-,82+,83+/m0/s1. The molecule has 5 atom stereocenters. The van der Waals surface area contributed by atoms with E-state index in [2.05, 4.69) is 34.6 Å². The van der Waals surface area contributed by atoms with Gasteiger partial charge < -0.3 is 33.8 Å². The molecule has 0 fully saturated rings. The van der Waals surface area contributed by atoms with Crippen LogP contribution in [0, 0.1) is 5.92 Å². The van der Waals surface area contributed by atoms with E-state index in [1.807, 2.05) is 0 Å². The summed E-state index contributed by atoms with van der Waals surface area (Å²) < 4.78 is 68.9. The first-order valence-electron chi connectivity index (χ1n) is 45.1. The fraction of sp³-hybridized carbons (Fsp3) is 0.954. The molecule has 19 heteroatoms. The molecule has 630 valence electrons. The molecule has 0 aromatic heterocycles. The Morgan fingerprint density at radius 1 is 0.255 bits per heavy atom. The van der Waals surface area contributed by atoms with Gasteiger partial charge in [0.2, 0.25) is 0 Å². The normalized spacial score (nSPS) is 13.7. The van der Waals surface area contributed by atoms with Gasteiger partial charge in [-0.2, -0.15) is 0 Å². The SMILES string of the molecule is CCCCCCCCCCCCCCCCCCCCCCCCC(=O)O[C@H](COC(=O)CCCCCCCCCCCCCCCCCC(C)C)COP(=O)(O)OC[C@@H](O)COP(=O)(O)OC[C@@H](COC(=O)CCCCCCCCCCCCCCC)OC(=O)CCCCCCCCCCCCCCC. The molecule has 0 spiro atoms. The number of hydrogen-bond acceptors (Lipinski definition) is 15. The molecule has 0 aromatic carbocycles. The van der Waals surface area contributed by atoms with Crippen LogP contribution in [0.5, 0.6) is 0 Å². The molecule has 0 amide bonds. The van der Waals surface area contributed by atoms with Gasteiger partial charge in [-0.15, -0.1) is 0 Å². The molecular formula is C87H170O17P2. The summed E-state index contributed by atoms with van der Waals surface area (Å²) in [6, 6.07) is 0. The highest BCUT2D eigenvalue weighted by Crippen LogP contribution is 2.45. The van der Waals surface area contributed by atoms with Gasteiger partial charge in [-0.05, 0) is 31.6 Å². The topological polar surface area (TPSA) is 237 Å². The number of aliphatic hydroxyl groups excluding tert-OH is 1. The maximum Gasteiger partial charge on any atom is 0.472 e. The van der Waals surface area contributed by atoms with Crippen LogP contribution >= 0.6 is 15.6 Å². The van der Waals surface area contributed by atoms with Crippen molar-refractivity contribution in [3.05, 3.63) is 0 Å². The first-order chi connectivity index (χ1) is 51.5. The number of phosphoric acid groups is 2. The number of hydrogen-bond donors (Lipinski definition) is 3. The Bertz CT molecular complexity index is 2010. The van der Waals surface area contributed by atoms with Crippen molar-refractivity contribution in [2.24, 2.45) is 5.92 Å². The van der Waals surface area contributed by atoms with Crippen LogP contribution in [0.1, 0.15) is 471 Å². The van der Waals surface area contributed by atoms with Crippen LogP contribution in [0.3, 0.4) is 0 Å². The van der Waals surface area contributed by atoms with Crippen molar-refractivity contribution in [1.82, 2.24) is 0 Å². The lowest BCUT2D eigenvalue weighted by Crippen LogP contribution is -2.30. The van der Waals surface area contributed by atoms with E-state index >= 15 is 0 Å². The van der Waals surface area contributed by atoms with Crippen molar-refractivity contribution in [3.8, 4) is 0 Å². The van der Waals surface area contributed by atoms with Gasteiger partial charge in [0, 0.05) is 25.7 Å². The predicted octanol–water partition coefficient (Wildman–Crippen LogP) is 26.8. The second-order valence-electron chi connectivity index (χ2n) is 31.8. The van der Waals surface area contributed by atoms with E-state index < -0.39 is 97.5 Å². The molecular weight excluding hydrogens is 1380 g/mol. The van der Waals surface area contributed by atoms with Crippen LogP contribution in [-0.4, -0.2) is 96.7 Å². The van der Waals surface area contributed by atoms with Crippen LogP contribution in [-0.2, 0) is 65.4 Å². The summed E-state index contributed by atoms with van der Waals surface area (Å²) in [5.41, 5.74) is 0. The average Bonchev–Trinajstić information content (AvgIpc) is 0.903. The van der Waals surface area contributed by atoms with Gasteiger partial charge in [-0.25, -0.2) is 9.13 Å². The van der Waals surface area contributed by atoms with E-state index in [1.54, 1.807) is 0 Å². The number of rotatable bonds is 87. The molecule has 0 radical (unpaired) electrons. The molecule has 0 aliphatic heterocycles. The molecule has 0 bridgehead atoms. The molecule has 2 unspecified atom stereocenters. The van der Waals surface area contributed by atoms with Crippen molar-refractivity contribution >= 4 is 39.5 Å².